The fraction of sp³-hybridized carbons (Fsp3) is 0.294. The highest BCUT2D eigenvalue weighted by Crippen LogP contribution is 2.16. The van der Waals surface area contributed by atoms with Gasteiger partial charge >= 0.3 is 5.97 Å². The van der Waals surface area contributed by atoms with Gasteiger partial charge in [-0.3, -0.25) is 9.36 Å². The van der Waals surface area contributed by atoms with E-state index in [2.05, 4.69) is 10.1 Å². The van der Waals surface area contributed by atoms with E-state index in [1.165, 1.54) is 17.1 Å². The molecule has 0 unspecified atom stereocenters. The van der Waals surface area contributed by atoms with Crippen LogP contribution in [0.2, 0.25) is 0 Å². The highest BCUT2D eigenvalue weighted by Gasteiger charge is 2.23. The first kappa shape index (κ1) is 15.9. The third kappa shape index (κ3) is 2.68. The molecule has 1 atom stereocenters. The monoisotopic (exact) mass is 326 g/mol. The summed E-state index contributed by atoms with van der Waals surface area (Å²) in [5.41, 5.74) is 0.970. The van der Waals surface area contributed by atoms with Crippen LogP contribution >= 0.6 is 0 Å². The summed E-state index contributed by atoms with van der Waals surface area (Å²) in [7, 11) is 0. The van der Waals surface area contributed by atoms with Crippen LogP contribution in [0.1, 0.15) is 26.3 Å². The first-order chi connectivity index (χ1) is 11.7. The molecule has 3 rings (SSSR count). The molecule has 0 amide bonds. The van der Waals surface area contributed by atoms with E-state index in [1.54, 1.807) is 11.6 Å². The molecular formula is C17H18N4O3. The number of nitrogens with zero attached hydrogens (tertiary/aromatic N) is 4. The number of aromatic nitrogens is 4. The van der Waals surface area contributed by atoms with Crippen LogP contribution in [0, 0.1) is 0 Å². The molecule has 7 heteroatoms. The van der Waals surface area contributed by atoms with Gasteiger partial charge in [-0.25, -0.2) is 14.5 Å². The maximum atomic E-state index is 12.7. The first-order valence-corrected chi connectivity index (χ1v) is 7.84. The van der Waals surface area contributed by atoms with Gasteiger partial charge in [0.15, 0.2) is 5.65 Å². The molecule has 24 heavy (non-hydrogen) atoms. The van der Waals surface area contributed by atoms with Crippen molar-refractivity contribution in [1.82, 2.24) is 19.3 Å². The maximum absolute atomic E-state index is 12.7. The van der Waals surface area contributed by atoms with E-state index in [0.717, 1.165) is 5.69 Å². The number of rotatable bonds is 5. The molecule has 0 fully saturated rings. The van der Waals surface area contributed by atoms with Crippen molar-refractivity contribution in [2.24, 2.45) is 0 Å². The van der Waals surface area contributed by atoms with Gasteiger partial charge in [0.1, 0.15) is 17.8 Å². The van der Waals surface area contributed by atoms with E-state index in [4.69, 9.17) is 4.74 Å². The molecular weight excluding hydrogens is 308 g/mol. The number of carbonyl (C=O) groups excluding carboxylic acids is 1. The van der Waals surface area contributed by atoms with Gasteiger partial charge in [-0.05, 0) is 25.5 Å². The third-order valence-electron chi connectivity index (χ3n) is 3.80. The fourth-order valence-electron chi connectivity index (χ4n) is 2.62. The summed E-state index contributed by atoms with van der Waals surface area (Å²) < 4.78 is 7.96. The topological polar surface area (TPSA) is 79.0 Å². The molecule has 0 aliphatic rings. The van der Waals surface area contributed by atoms with Crippen LogP contribution in [0.3, 0.4) is 0 Å². The normalized spacial score (nSPS) is 12.2. The molecule has 0 bridgehead atoms. The Balaban J connectivity index is 2.10. The van der Waals surface area contributed by atoms with Gasteiger partial charge in [0, 0.05) is 0 Å². The Labute approximate surface area is 138 Å². The van der Waals surface area contributed by atoms with Crippen LogP contribution in [-0.2, 0) is 9.53 Å². The lowest BCUT2D eigenvalue weighted by molar-refractivity contribution is -0.147. The second-order valence-corrected chi connectivity index (χ2v) is 5.26. The number of benzene rings is 1. The summed E-state index contributed by atoms with van der Waals surface area (Å²) in [5, 5.41) is 4.62. The Morgan fingerprint density at radius 3 is 2.67 bits per heavy atom. The summed E-state index contributed by atoms with van der Waals surface area (Å²) in [4.78, 5) is 29.1. The summed E-state index contributed by atoms with van der Waals surface area (Å²) >= 11 is 0. The molecule has 0 spiro atoms. The molecule has 0 N–H and O–H groups in total. The molecule has 0 radical (unpaired) electrons. The predicted molar refractivity (Wildman–Crippen MR) is 89.1 cm³/mol. The molecule has 0 aliphatic heterocycles. The maximum Gasteiger partial charge on any atom is 0.329 e. The van der Waals surface area contributed by atoms with Crippen molar-refractivity contribution >= 4 is 17.0 Å². The molecule has 0 saturated heterocycles. The van der Waals surface area contributed by atoms with Crippen molar-refractivity contribution in [3.8, 4) is 5.69 Å². The van der Waals surface area contributed by atoms with Gasteiger partial charge in [0.05, 0.1) is 18.5 Å². The number of fused-ring (bicyclic) bond motifs is 1. The van der Waals surface area contributed by atoms with Crippen molar-refractivity contribution < 1.29 is 9.53 Å². The van der Waals surface area contributed by atoms with Crippen molar-refractivity contribution in [2.45, 2.75) is 26.3 Å². The lowest BCUT2D eigenvalue weighted by Crippen LogP contribution is -2.31. The number of hydrogen-bond donors (Lipinski definition) is 0. The van der Waals surface area contributed by atoms with Crippen LogP contribution in [0.4, 0.5) is 0 Å². The fourth-order valence-corrected chi connectivity index (χ4v) is 2.62. The van der Waals surface area contributed by atoms with Gasteiger partial charge in [-0.2, -0.15) is 5.10 Å². The summed E-state index contributed by atoms with van der Waals surface area (Å²) in [5.74, 6) is -0.432. The Morgan fingerprint density at radius 1 is 1.25 bits per heavy atom. The number of carbonyl (C=O) groups is 1. The van der Waals surface area contributed by atoms with Crippen molar-refractivity contribution in [3.63, 3.8) is 0 Å². The Morgan fingerprint density at radius 2 is 2.00 bits per heavy atom. The zero-order chi connectivity index (χ0) is 17.1. The molecule has 3 aromatic rings. The predicted octanol–water partition coefficient (Wildman–Crippen LogP) is 2.10. The van der Waals surface area contributed by atoms with E-state index >= 15 is 0 Å². The van der Waals surface area contributed by atoms with Crippen LogP contribution < -0.4 is 5.56 Å². The number of ether oxygens (including phenoxy) is 1. The van der Waals surface area contributed by atoms with Crippen molar-refractivity contribution in [3.05, 3.63) is 53.2 Å². The Hall–Kier alpha value is -2.96. The average Bonchev–Trinajstić information content (AvgIpc) is 3.03. The van der Waals surface area contributed by atoms with E-state index in [-0.39, 0.29) is 12.2 Å². The van der Waals surface area contributed by atoms with E-state index < -0.39 is 12.0 Å². The minimum Gasteiger partial charge on any atom is -0.464 e. The SMILES string of the molecule is CCOC(=O)[C@H](CC)n1cnc2c(cnn2-c2ccccc2)c1=O. The van der Waals surface area contributed by atoms with E-state index in [9.17, 15) is 9.59 Å². The first-order valence-electron chi connectivity index (χ1n) is 7.84. The summed E-state index contributed by atoms with van der Waals surface area (Å²) in [6.07, 6.45) is 3.31. The van der Waals surface area contributed by atoms with Gasteiger partial charge < -0.3 is 4.74 Å². The summed E-state index contributed by atoms with van der Waals surface area (Å²) in [6.45, 7) is 3.83. The Kier molecular flexibility index (Phi) is 4.41. The number of esters is 1. The average molecular weight is 326 g/mol. The van der Waals surface area contributed by atoms with Gasteiger partial charge in [0.25, 0.3) is 5.56 Å². The van der Waals surface area contributed by atoms with Crippen molar-refractivity contribution in [1.29, 1.82) is 0 Å². The van der Waals surface area contributed by atoms with Crippen molar-refractivity contribution in [2.75, 3.05) is 6.61 Å². The highest BCUT2D eigenvalue weighted by molar-refractivity contribution is 5.77. The highest BCUT2D eigenvalue weighted by atomic mass is 16.5. The zero-order valence-electron chi connectivity index (χ0n) is 13.5. The van der Waals surface area contributed by atoms with Crippen LogP contribution in [0.5, 0.6) is 0 Å². The molecule has 0 saturated carbocycles. The molecule has 7 nitrogen and oxygen atoms in total. The molecule has 124 valence electrons. The molecule has 2 aromatic heterocycles. The summed E-state index contributed by atoms with van der Waals surface area (Å²) in [6, 6.07) is 8.76. The van der Waals surface area contributed by atoms with Crippen LogP contribution in [0.25, 0.3) is 16.7 Å². The van der Waals surface area contributed by atoms with E-state index in [1.807, 2.05) is 37.3 Å². The van der Waals surface area contributed by atoms with Gasteiger partial charge in [-0.15, -0.1) is 0 Å². The number of hydrogen-bond acceptors (Lipinski definition) is 5. The molecule has 0 aliphatic carbocycles. The van der Waals surface area contributed by atoms with E-state index in [0.29, 0.717) is 17.5 Å². The lowest BCUT2D eigenvalue weighted by Gasteiger charge is -2.16. The van der Waals surface area contributed by atoms with Gasteiger partial charge in [0.2, 0.25) is 0 Å². The third-order valence-corrected chi connectivity index (χ3v) is 3.80. The quantitative estimate of drug-likeness (QED) is 0.671. The molecule has 1 aromatic carbocycles. The Bertz CT molecular complexity index is 914. The van der Waals surface area contributed by atoms with Crippen LogP contribution in [0.15, 0.2) is 47.7 Å². The largest absolute Gasteiger partial charge is 0.464 e. The molecule has 2 heterocycles. The van der Waals surface area contributed by atoms with Crippen LogP contribution in [-0.4, -0.2) is 31.9 Å². The minimum absolute atomic E-state index is 0.270. The lowest BCUT2D eigenvalue weighted by atomic mass is 10.2. The second kappa shape index (κ2) is 6.66. The zero-order valence-corrected chi connectivity index (χ0v) is 13.5. The number of para-hydroxylation sites is 1. The standard InChI is InChI=1S/C17H18N4O3/c1-3-14(17(23)24-4-2)20-11-18-15-13(16(20)22)10-19-21(15)12-8-6-5-7-9-12/h5-11,14H,3-4H2,1-2H3/t14-/m0/s1. The minimum atomic E-state index is -0.686. The smallest absolute Gasteiger partial charge is 0.329 e. The van der Waals surface area contributed by atoms with Gasteiger partial charge in [-0.1, -0.05) is 25.1 Å². The second-order valence-electron chi connectivity index (χ2n) is 5.26.